The van der Waals surface area contributed by atoms with E-state index in [9.17, 15) is 0 Å². The maximum absolute atomic E-state index is 4.62. The minimum absolute atomic E-state index is 0.452. The number of nitrogens with zero attached hydrogens (tertiary/aromatic N) is 1. The summed E-state index contributed by atoms with van der Waals surface area (Å²) in [5.74, 6) is 0.637. The van der Waals surface area contributed by atoms with Crippen LogP contribution < -0.4 is 5.32 Å². The van der Waals surface area contributed by atoms with E-state index >= 15 is 0 Å². The van der Waals surface area contributed by atoms with E-state index in [1.807, 2.05) is 0 Å². The molecule has 3 heteroatoms. The minimum Gasteiger partial charge on any atom is -0.316 e. The molecule has 1 atom stereocenters. The fraction of sp³-hybridized carbons (Fsp3) is 0.786. The second-order valence-corrected chi connectivity index (χ2v) is 6.45. The Hall–Kier alpha value is -0.830. The standard InChI is InChI=1S/C14H23N3/c1-14(2)6-5-12-11(8-14)13(17-16-12)10-4-3-7-15-9-10/h10,15H,3-9H2,1-2H3,(H,16,17). The zero-order valence-corrected chi connectivity index (χ0v) is 11.0. The van der Waals surface area contributed by atoms with Crippen LogP contribution in [0.5, 0.6) is 0 Å². The second kappa shape index (κ2) is 4.13. The minimum atomic E-state index is 0.452. The first-order chi connectivity index (χ1) is 8.16. The lowest BCUT2D eigenvalue weighted by molar-refractivity contribution is 0.311. The van der Waals surface area contributed by atoms with Gasteiger partial charge >= 0.3 is 0 Å². The Morgan fingerprint density at radius 3 is 3.00 bits per heavy atom. The largest absolute Gasteiger partial charge is 0.316 e. The molecule has 2 aliphatic rings. The number of hydrogen-bond donors (Lipinski definition) is 2. The average molecular weight is 233 g/mol. The number of rotatable bonds is 1. The number of aromatic amines is 1. The highest BCUT2D eigenvalue weighted by atomic mass is 15.1. The Kier molecular flexibility index (Phi) is 2.74. The highest BCUT2D eigenvalue weighted by Gasteiger charge is 2.31. The van der Waals surface area contributed by atoms with Crippen molar-refractivity contribution in [2.75, 3.05) is 13.1 Å². The molecule has 1 aromatic rings. The van der Waals surface area contributed by atoms with Gasteiger partial charge in [-0.05, 0) is 49.6 Å². The van der Waals surface area contributed by atoms with Gasteiger partial charge in [0.2, 0.25) is 0 Å². The SMILES string of the molecule is CC1(C)CCc2[nH]nc(C3CCCNC3)c2C1. The normalized spacial score (nSPS) is 27.8. The molecule has 1 aliphatic carbocycles. The van der Waals surface area contributed by atoms with E-state index in [1.165, 1.54) is 55.6 Å². The lowest BCUT2D eigenvalue weighted by Crippen LogP contribution is -2.30. The Labute approximate surface area is 103 Å². The smallest absolute Gasteiger partial charge is 0.0700 e. The first-order valence-electron chi connectivity index (χ1n) is 6.92. The molecule has 2 N–H and O–H groups in total. The lowest BCUT2D eigenvalue weighted by atomic mass is 9.74. The Morgan fingerprint density at radius 2 is 2.24 bits per heavy atom. The molecule has 0 saturated carbocycles. The number of nitrogens with one attached hydrogen (secondary N) is 2. The van der Waals surface area contributed by atoms with Crippen LogP contribution in [0.15, 0.2) is 0 Å². The van der Waals surface area contributed by atoms with Gasteiger partial charge in [0.15, 0.2) is 0 Å². The van der Waals surface area contributed by atoms with Crippen molar-refractivity contribution in [2.24, 2.45) is 5.41 Å². The molecule has 1 unspecified atom stereocenters. The van der Waals surface area contributed by atoms with E-state index in [2.05, 4.69) is 29.4 Å². The maximum Gasteiger partial charge on any atom is 0.0700 e. The summed E-state index contributed by atoms with van der Waals surface area (Å²) in [6, 6.07) is 0. The van der Waals surface area contributed by atoms with Gasteiger partial charge in [-0.15, -0.1) is 0 Å². The van der Waals surface area contributed by atoms with Crippen LogP contribution in [0, 0.1) is 5.41 Å². The van der Waals surface area contributed by atoms with E-state index in [0.29, 0.717) is 11.3 Å². The highest BCUT2D eigenvalue weighted by molar-refractivity contribution is 5.32. The van der Waals surface area contributed by atoms with Crippen molar-refractivity contribution < 1.29 is 0 Å². The number of piperidine rings is 1. The van der Waals surface area contributed by atoms with Gasteiger partial charge in [-0.1, -0.05) is 13.8 Å². The fourth-order valence-electron chi connectivity index (χ4n) is 3.27. The van der Waals surface area contributed by atoms with E-state index < -0.39 is 0 Å². The summed E-state index contributed by atoms with van der Waals surface area (Å²) in [4.78, 5) is 0. The Balaban J connectivity index is 1.88. The van der Waals surface area contributed by atoms with Gasteiger partial charge in [0.05, 0.1) is 5.69 Å². The van der Waals surface area contributed by atoms with Gasteiger partial charge in [-0.3, -0.25) is 5.10 Å². The molecule has 17 heavy (non-hydrogen) atoms. The molecule has 2 heterocycles. The van der Waals surface area contributed by atoms with E-state index in [1.54, 1.807) is 0 Å². The molecule has 1 fully saturated rings. The monoisotopic (exact) mass is 233 g/mol. The van der Waals surface area contributed by atoms with Gasteiger partial charge in [0, 0.05) is 18.2 Å². The molecule has 1 saturated heterocycles. The number of H-pyrrole nitrogens is 1. The quantitative estimate of drug-likeness (QED) is 0.782. The molecule has 1 aliphatic heterocycles. The van der Waals surface area contributed by atoms with Crippen molar-refractivity contribution >= 4 is 0 Å². The van der Waals surface area contributed by atoms with Crippen LogP contribution in [0.3, 0.4) is 0 Å². The third kappa shape index (κ3) is 2.13. The van der Waals surface area contributed by atoms with Crippen LogP contribution in [0.2, 0.25) is 0 Å². The average Bonchev–Trinajstić information content (AvgIpc) is 2.71. The van der Waals surface area contributed by atoms with E-state index in [4.69, 9.17) is 0 Å². The fourth-order valence-corrected chi connectivity index (χ4v) is 3.27. The van der Waals surface area contributed by atoms with Gasteiger partial charge in [-0.25, -0.2) is 0 Å². The van der Waals surface area contributed by atoms with Crippen LogP contribution in [0.1, 0.15) is 56.0 Å². The molecular weight excluding hydrogens is 210 g/mol. The van der Waals surface area contributed by atoms with E-state index in [0.717, 1.165) is 6.54 Å². The molecule has 94 valence electrons. The van der Waals surface area contributed by atoms with Crippen LogP contribution in [0.25, 0.3) is 0 Å². The predicted molar refractivity (Wildman–Crippen MR) is 69.2 cm³/mol. The summed E-state index contributed by atoms with van der Waals surface area (Å²) in [6.07, 6.45) is 6.24. The topological polar surface area (TPSA) is 40.7 Å². The summed E-state index contributed by atoms with van der Waals surface area (Å²) in [5.41, 5.74) is 4.76. The first-order valence-corrected chi connectivity index (χ1v) is 6.92. The van der Waals surface area contributed by atoms with Gasteiger partial charge in [0.1, 0.15) is 0 Å². The van der Waals surface area contributed by atoms with Crippen LogP contribution in [-0.2, 0) is 12.8 Å². The molecule has 0 spiro atoms. The molecule has 3 rings (SSSR count). The summed E-state index contributed by atoms with van der Waals surface area (Å²) < 4.78 is 0. The number of hydrogen-bond acceptors (Lipinski definition) is 2. The highest BCUT2D eigenvalue weighted by Crippen LogP contribution is 2.38. The van der Waals surface area contributed by atoms with Crippen LogP contribution in [-0.4, -0.2) is 23.3 Å². The third-order valence-electron chi connectivity index (χ3n) is 4.38. The summed E-state index contributed by atoms with van der Waals surface area (Å²) in [5, 5.41) is 11.4. The van der Waals surface area contributed by atoms with Crippen molar-refractivity contribution in [1.29, 1.82) is 0 Å². The molecule has 3 nitrogen and oxygen atoms in total. The zero-order chi connectivity index (χ0) is 11.9. The Bertz CT molecular complexity index is 400. The van der Waals surface area contributed by atoms with Crippen LogP contribution >= 0.6 is 0 Å². The molecular formula is C14H23N3. The predicted octanol–water partition coefficient (Wildman–Crippen LogP) is 2.39. The molecule has 0 aromatic carbocycles. The number of fused-ring (bicyclic) bond motifs is 1. The van der Waals surface area contributed by atoms with Crippen molar-refractivity contribution in [3.63, 3.8) is 0 Å². The molecule has 0 amide bonds. The number of aryl methyl sites for hydroxylation is 1. The van der Waals surface area contributed by atoms with Crippen molar-refractivity contribution in [3.05, 3.63) is 17.0 Å². The van der Waals surface area contributed by atoms with Crippen molar-refractivity contribution in [1.82, 2.24) is 15.5 Å². The maximum atomic E-state index is 4.62. The van der Waals surface area contributed by atoms with Gasteiger partial charge in [0.25, 0.3) is 0 Å². The number of aromatic nitrogens is 2. The summed E-state index contributed by atoms with van der Waals surface area (Å²) >= 11 is 0. The van der Waals surface area contributed by atoms with Crippen molar-refractivity contribution in [3.8, 4) is 0 Å². The van der Waals surface area contributed by atoms with Gasteiger partial charge in [-0.2, -0.15) is 5.10 Å². The summed E-state index contributed by atoms with van der Waals surface area (Å²) in [7, 11) is 0. The molecule has 0 radical (unpaired) electrons. The molecule has 0 bridgehead atoms. The second-order valence-electron chi connectivity index (χ2n) is 6.45. The Morgan fingerprint density at radius 1 is 1.35 bits per heavy atom. The van der Waals surface area contributed by atoms with E-state index in [-0.39, 0.29) is 0 Å². The first kappa shape index (κ1) is 11.3. The molecule has 1 aromatic heterocycles. The van der Waals surface area contributed by atoms with Crippen molar-refractivity contribution in [2.45, 2.75) is 51.9 Å². The zero-order valence-electron chi connectivity index (χ0n) is 11.0. The van der Waals surface area contributed by atoms with Crippen LogP contribution in [0.4, 0.5) is 0 Å². The van der Waals surface area contributed by atoms with Gasteiger partial charge < -0.3 is 5.32 Å². The summed E-state index contributed by atoms with van der Waals surface area (Å²) in [6.45, 7) is 7.05. The third-order valence-corrected chi connectivity index (χ3v) is 4.38. The lowest BCUT2D eigenvalue weighted by Gasteiger charge is -2.31.